The van der Waals surface area contributed by atoms with Gasteiger partial charge in [0.25, 0.3) is 0 Å². The largest absolute Gasteiger partial charge is 0.234 e. The van der Waals surface area contributed by atoms with E-state index in [9.17, 15) is 0 Å². The summed E-state index contributed by atoms with van der Waals surface area (Å²) in [5, 5.41) is 1.85. The summed E-state index contributed by atoms with van der Waals surface area (Å²) in [4.78, 5) is 8.64. The number of aromatic nitrogens is 2. The second kappa shape index (κ2) is 5.09. The lowest BCUT2D eigenvalue weighted by molar-refractivity contribution is 1.06. The normalized spacial score (nSPS) is 10.3. The van der Waals surface area contributed by atoms with Crippen molar-refractivity contribution in [3.8, 4) is 0 Å². The fourth-order valence-corrected chi connectivity index (χ4v) is 2.72. The Kier molecular flexibility index (Phi) is 3.77. The van der Waals surface area contributed by atoms with E-state index in [0.717, 1.165) is 19.3 Å². The molecule has 2 aromatic rings. The first-order valence-corrected chi connectivity index (χ1v) is 6.57. The summed E-state index contributed by atoms with van der Waals surface area (Å²) in [5.41, 5.74) is 0. The first-order chi connectivity index (χ1) is 7.24. The molecule has 0 radical (unpaired) electrons. The van der Waals surface area contributed by atoms with E-state index in [1.165, 1.54) is 11.8 Å². The summed E-state index contributed by atoms with van der Waals surface area (Å²) >= 11 is 8.21. The van der Waals surface area contributed by atoms with Crippen LogP contribution in [0.4, 0.5) is 0 Å². The summed E-state index contributed by atoms with van der Waals surface area (Å²) in [6.07, 6.45) is 0. The highest BCUT2D eigenvalue weighted by atomic mass is 79.9. The summed E-state index contributed by atoms with van der Waals surface area (Å²) < 4.78 is 1.67. The molecule has 0 aliphatic rings. The van der Waals surface area contributed by atoms with Crippen LogP contribution in [0, 0.1) is 0 Å². The van der Waals surface area contributed by atoms with Gasteiger partial charge in [-0.1, -0.05) is 23.9 Å². The molecular formula is C10H6Br2N2S. The molecule has 0 unspecified atom stereocenters. The highest BCUT2D eigenvalue weighted by Crippen LogP contribution is 2.26. The second-order valence-corrected chi connectivity index (χ2v) is 5.36. The maximum atomic E-state index is 4.32. The van der Waals surface area contributed by atoms with Gasteiger partial charge in [0.05, 0.1) is 0 Å². The Labute approximate surface area is 109 Å². The molecule has 2 aromatic heterocycles. The van der Waals surface area contributed by atoms with Gasteiger partial charge in [-0.15, -0.1) is 0 Å². The predicted molar refractivity (Wildman–Crippen MR) is 68.0 cm³/mol. The van der Waals surface area contributed by atoms with Gasteiger partial charge >= 0.3 is 0 Å². The lowest BCUT2D eigenvalue weighted by Gasteiger charge is -2.00. The molecule has 0 N–H and O–H groups in total. The van der Waals surface area contributed by atoms with Crippen LogP contribution >= 0.6 is 43.6 Å². The smallest absolute Gasteiger partial charge is 0.107 e. The molecule has 2 heterocycles. The Morgan fingerprint density at radius 1 is 0.800 bits per heavy atom. The lowest BCUT2D eigenvalue weighted by Crippen LogP contribution is -1.83. The van der Waals surface area contributed by atoms with Crippen LogP contribution in [0.3, 0.4) is 0 Å². The Bertz CT molecular complexity index is 433. The van der Waals surface area contributed by atoms with Gasteiger partial charge in [-0.25, -0.2) is 9.97 Å². The SMILES string of the molecule is Brc1cccc(Sc2cccc(Br)n2)n1. The molecular weight excluding hydrogens is 340 g/mol. The van der Waals surface area contributed by atoms with E-state index in [-0.39, 0.29) is 0 Å². The number of pyridine rings is 2. The van der Waals surface area contributed by atoms with E-state index in [0.29, 0.717) is 0 Å². The van der Waals surface area contributed by atoms with Gasteiger partial charge in [0, 0.05) is 0 Å². The van der Waals surface area contributed by atoms with Gasteiger partial charge in [0.1, 0.15) is 19.3 Å². The van der Waals surface area contributed by atoms with E-state index in [1.54, 1.807) is 0 Å². The summed E-state index contributed by atoms with van der Waals surface area (Å²) in [6.45, 7) is 0. The van der Waals surface area contributed by atoms with Crippen molar-refractivity contribution in [2.75, 3.05) is 0 Å². The van der Waals surface area contributed by atoms with Crippen LogP contribution in [-0.2, 0) is 0 Å². The summed E-state index contributed by atoms with van der Waals surface area (Å²) in [5.74, 6) is 0. The van der Waals surface area contributed by atoms with Crippen LogP contribution in [0.25, 0.3) is 0 Å². The molecule has 0 aliphatic carbocycles. The number of nitrogens with zero attached hydrogens (tertiary/aromatic N) is 2. The van der Waals surface area contributed by atoms with Gasteiger partial charge in [-0.05, 0) is 56.1 Å². The Morgan fingerprint density at radius 3 is 1.67 bits per heavy atom. The third-order valence-corrected chi connectivity index (χ3v) is 3.34. The molecule has 2 rings (SSSR count). The third-order valence-electron chi connectivity index (χ3n) is 1.59. The van der Waals surface area contributed by atoms with E-state index >= 15 is 0 Å². The zero-order chi connectivity index (χ0) is 10.7. The molecule has 15 heavy (non-hydrogen) atoms. The van der Waals surface area contributed by atoms with E-state index in [2.05, 4.69) is 41.8 Å². The molecule has 0 atom stereocenters. The average Bonchev–Trinajstić information content (AvgIpc) is 2.17. The van der Waals surface area contributed by atoms with Gasteiger partial charge in [-0.2, -0.15) is 0 Å². The molecule has 2 nitrogen and oxygen atoms in total. The molecule has 0 saturated heterocycles. The number of halogens is 2. The van der Waals surface area contributed by atoms with Crippen molar-refractivity contribution in [1.29, 1.82) is 0 Å². The molecule has 5 heteroatoms. The Hall–Kier alpha value is -0.390. The van der Waals surface area contributed by atoms with Crippen molar-refractivity contribution >= 4 is 43.6 Å². The minimum Gasteiger partial charge on any atom is -0.234 e. The first-order valence-electron chi connectivity index (χ1n) is 4.17. The Balaban J connectivity index is 2.22. The van der Waals surface area contributed by atoms with Crippen molar-refractivity contribution in [2.45, 2.75) is 10.1 Å². The van der Waals surface area contributed by atoms with Crippen LogP contribution in [-0.4, -0.2) is 9.97 Å². The highest BCUT2D eigenvalue weighted by Gasteiger charge is 2.00. The fourth-order valence-electron chi connectivity index (χ4n) is 1.00. The van der Waals surface area contributed by atoms with Crippen LogP contribution in [0.15, 0.2) is 55.7 Å². The van der Waals surface area contributed by atoms with Crippen LogP contribution < -0.4 is 0 Å². The first kappa shape index (κ1) is 11.1. The number of rotatable bonds is 2. The topological polar surface area (TPSA) is 25.8 Å². The average molecular weight is 346 g/mol. The highest BCUT2D eigenvalue weighted by molar-refractivity contribution is 9.10. The molecule has 0 aliphatic heterocycles. The number of hydrogen-bond acceptors (Lipinski definition) is 3. The quantitative estimate of drug-likeness (QED) is 0.764. The molecule has 0 fully saturated rings. The van der Waals surface area contributed by atoms with Crippen molar-refractivity contribution in [3.05, 3.63) is 45.6 Å². The van der Waals surface area contributed by atoms with Gasteiger partial charge in [0.15, 0.2) is 0 Å². The zero-order valence-corrected chi connectivity index (χ0v) is 11.5. The van der Waals surface area contributed by atoms with Crippen LogP contribution in [0.2, 0.25) is 0 Å². The molecule has 0 spiro atoms. The molecule has 76 valence electrons. The van der Waals surface area contributed by atoms with Crippen molar-refractivity contribution < 1.29 is 0 Å². The van der Waals surface area contributed by atoms with Gasteiger partial charge in [0.2, 0.25) is 0 Å². The van der Waals surface area contributed by atoms with Gasteiger partial charge < -0.3 is 0 Å². The van der Waals surface area contributed by atoms with Crippen molar-refractivity contribution in [2.24, 2.45) is 0 Å². The standard InChI is InChI=1S/C10H6Br2N2S/c11-7-3-1-5-9(13-7)15-10-6-2-4-8(12)14-10/h1-6H. The maximum absolute atomic E-state index is 4.32. The molecule has 0 saturated carbocycles. The summed E-state index contributed by atoms with van der Waals surface area (Å²) in [6, 6.07) is 11.6. The number of hydrogen-bond donors (Lipinski definition) is 0. The maximum Gasteiger partial charge on any atom is 0.107 e. The lowest BCUT2D eigenvalue weighted by atomic mass is 10.5. The van der Waals surface area contributed by atoms with Crippen LogP contribution in [0.1, 0.15) is 0 Å². The third kappa shape index (κ3) is 3.29. The second-order valence-electron chi connectivity index (χ2n) is 2.70. The Morgan fingerprint density at radius 2 is 1.27 bits per heavy atom. The van der Waals surface area contributed by atoms with E-state index in [4.69, 9.17) is 0 Å². The van der Waals surface area contributed by atoms with Gasteiger partial charge in [-0.3, -0.25) is 0 Å². The minimum atomic E-state index is 0.836. The fraction of sp³-hybridized carbons (Fsp3) is 0. The zero-order valence-electron chi connectivity index (χ0n) is 7.52. The van der Waals surface area contributed by atoms with E-state index in [1.807, 2.05) is 36.4 Å². The minimum absolute atomic E-state index is 0.836. The van der Waals surface area contributed by atoms with Crippen LogP contribution in [0.5, 0.6) is 0 Å². The molecule has 0 bridgehead atoms. The molecule has 0 amide bonds. The summed E-state index contributed by atoms with van der Waals surface area (Å²) in [7, 11) is 0. The predicted octanol–water partition coefficient (Wildman–Crippen LogP) is 4.15. The molecule has 0 aromatic carbocycles. The van der Waals surface area contributed by atoms with Crippen molar-refractivity contribution in [3.63, 3.8) is 0 Å². The van der Waals surface area contributed by atoms with Crippen molar-refractivity contribution in [1.82, 2.24) is 9.97 Å². The van der Waals surface area contributed by atoms with E-state index < -0.39 is 0 Å². The monoisotopic (exact) mass is 344 g/mol.